The fourth-order valence-electron chi connectivity index (χ4n) is 1.97. The van der Waals surface area contributed by atoms with Crippen molar-refractivity contribution in [3.63, 3.8) is 0 Å². The van der Waals surface area contributed by atoms with Crippen molar-refractivity contribution in [2.24, 2.45) is 11.7 Å². The zero-order valence-corrected chi connectivity index (χ0v) is 9.13. The molecule has 2 atom stereocenters. The molecule has 0 radical (unpaired) electrons. The highest BCUT2D eigenvalue weighted by Gasteiger charge is 2.14. The molecule has 1 heterocycles. The van der Waals surface area contributed by atoms with E-state index in [1.807, 2.05) is 0 Å². The van der Waals surface area contributed by atoms with Gasteiger partial charge in [0.15, 0.2) is 0 Å². The highest BCUT2D eigenvalue weighted by atomic mass is 15.1. The summed E-state index contributed by atoms with van der Waals surface area (Å²) in [5, 5.41) is 0. The Morgan fingerprint density at radius 1 is 1.38 bits per heavy atom. The van der Waals surface area contributed by atoms with Gasteiger partial charge in [-0.1, -0.05) is 13.8 Å². The fourth-order valence-corrected chi connectivity index (χ4v) is 1.97. The summed E-state index contributed by atoms with van der Waals surface area (Å²) in [6, 6.07) is 0.383. The van der Waals surface area contributed by atoms with Gasteiger partial charge in [0, 0.05) is 12.6 Å². The molecule has 0 aromatic heterocycles. The van der Waals surface area contributed by atoms with E-state index < -0.39 is 0 Å². The van der Waals surface area contributed by atoms with Gasteiger partial charge >= 0.3 is 0 Å². The summed E-state index contributed by atoms with van der Waals surface area (Å²) in [7, 11) is 0. The van der Waals surface area contributed by atoms with Crippen LogP contribution in [0.4, 0.5) is 0 Å². The maximum absolute atomic E-state index is 5.95. The molecule has 0 saturated carbocycles. The van der Waals surface area contributed by atoms with Crippen molar-refractivity contribution < 1.29 is 0 Å². The molecule has 1 unspecified atom stereocenters. The third-order valence-electron chi connectivity index (χ3n) is 3.13. The van der Waals surface area contributed by atoms with Gasteiger partial charge in [-0.3, -0.25) is 0 Å². The van der Waals surface area contributed by atoms with Gasteiger partial charge in [0.1, 0.15) is 0 Å². The molecule has 0 amide bonds. The van der Waals surface area contributed by atoms with Gasteiger partial charge in [-0.15, -0.1) is 0 Å². The topological polar surface area (TPSA) is 29.3 Å². The van der Waals surface area contributed by atoms with Crippen molar-refractivity contribution in [3.05, 3.63) is 0 Å². The molecule has 0 bridgehead atoms. The molecular formula is C11H24N2. The van der Waals surface area contributed by atoms with Crippen LogP contribution in [0.2, 0.25) is 0 Å². The first-order chi connectivity index (χ1) is 6.22. The largest absolute Gasteiger partial charge is 0.327 e. The standard InChI is InChI=1S/C11H24N2/c1-3-11(12)9-13-7-4-5-10(2)6-8-13/h10-11H,3-9,12H2,1-2H3/t10?,11-/m0/s1. The van der Waals surface area contributed by atoms with Gasteiger partial charge in [0.25, 0.3) is 0 Å². The van der Waals surface area contributed by atoms with Gasteiger partial charge in [-0.25, -0.2) is 0 Å². The summed E-state index contributed by atoms with van der Waals surface area (Å²) in [6.07, 6.45) is 5.22. The van der Waals surface area contributed by atoms with Gasteiger partial charge in [0.2, 0.25) is 0 Å². The van der Waals surface area contributed by atoms with E-state index in [1.165, 1.54) is 32.4 Å². The molecule has 0 aliphatic carbocycles. The van der Waals surface area contributed by atoms with Gasteiger partial charge in [-0.05, 0) is 44.7 Å². The van der Waals surface area contributed by atoms with Crippen molar-refractivity contribution in [2.75, 3.05) is 19.6 Å². The zero-order valence-electron chi connectivity index (χ0n) is 9.13. The lowest BCUT2D eigenvalue weighted by Crippen LogP contribution is -2.37. The van der Waals surface area contributed by atoms with E-state index in [-0.39, 0.29) is 0 Å². The second-order valence-corrected chi connectivity index (χ2v) is 4.51. The van der Waals surface area contributed by atoms with Crippen molar-refractivity contribution >= 4 is 0 Å². The maximum Gasteiger partial charge on any atom is 0.0165 e. The molecule has 0 aromatic carbocycles. The van der Waals surface area contributed by atoms with E-state index in [0.29, 0.717) is 6.04 Å². The minimum atomic E-state index is 0.383. The lowest BCUT2D eigenvalue weighted by atomic mass is 10.0. The predicted molar refractivity (Wildman–Crippen MR) is 57.7 cm³/mol. The zero-order chi connectivity index (χ0) is 9.68. The summed E-state index contributed by atoms with van der Waals surface area (Å²) < 4.78 is 0. The van der Waals surface area contributed by atoms with E-state index in [1.54, 1.807) is 0 Å². The van der Waals surface area contributed by atoms with Crippen LogP contribution < -0.4 is 5.73 Å². The molecule has 78 valence electrons. The third-order valence-corrected chi connectivity index (χ3v) is 3.13. The Kier molecular flexibility index (Phi) is 4.74. The first-order valence-corrected chi connectivity index (χ1v) is 5.70. The average molecular weight is 184 g/mol. The Morgan fingerprint density at radius 2 is 2.15 bits per heavy atom. The summed E-state index contributed by atoms with van der Waals surface area (Å²) >= 11 is 0. The Bertz CT molecular complexity index is 136. The van der Waals surface area contributed by atoms with E-state index in [9.17, 15) is 0 Å². The van der Waals surface area contributed by atoms with Gasteiger partial charge in [-0.2, -0.15) is 0 Å². The van der Waals surface area contributed by atoms with Crippen molar-refractivity contribution in [1.29, 1.82) is 0 Å². The van der Waals surface area contributed by atoms with Crippen LogP contribution in [0.3, 0.4) is 0 Å². The highest BCUT2D eigenvalue weighted by molar-refractivity contribution is 4.71. The molecule has 1 rings (SSSR count). The molecule has 1 aliphatic rings. The van der Waals surface area contributed by atoms with Gasteiger partial charge < -0.3 is 10.6 Å². The van der Waals surface area contributed by atoms with Crippen LogP contribution in [0.5, 0.6) is 0 Å². The molecule has 1 saturated heterocycles. The molecule has 2 heteroatoms. The molecule has 0 spiro atoms. The minimum Gasteiger partial charge on any atom is -0.327 e. The number of nitrogens with two attached hydrogens (primary N) is 1. The molecule has 1 fully saturated rings. The molecule has 2 nitrogen and oxygen atoms in total. The van der Waals surface area contributed by atoms with Crippen molar-refractivity contribution in [1.82, 2.24) is 4.90 Å². The number of likely N-dealkylation sites (tertiary alicyclic amines) is 1. The number of nitrogens with zero attached hydrogens (tertiary/aromatic N) is 1. The molecule has 1 aliphatic heterocycles. The minimum absolute atomic E-state index is 0.383. The Balaban J connectivity index is 2.25. The monoisotopic (exact) mass is 184 g/mol. The average Bonchev–Trinajstić information content (AvgIpc) is 2.31. The molecule has 0 aromatic rings. The lowest BCUT2D eigenvalue weighted by Gasteiger charge is -2.23. The highest BCUT2D eigenvalue weighted by Crippen LogP contribution is 2.16. The normalized spacial score (nSPS) is 28.4. The number of hydrogen-bond donors (Lipinski definition) is 1. The van der Waals surface area contributed by atoms with Crippen molar-refractivity contribution in [2.45, 2.75) is 45.6 Å². The van der Waals surface area contributed by atoms with Crippen molar-refractivity contribution in [3.8, 4) is 0 Å². The lowest BCUT2D eigenvalue weighted by molar-refractivity contribution is 0.261. The summed E-state index contributed by atoms with van der Waals surface area (Å²) in [5.41, 5.74) is 5.95. The molecule has 13 heavy (non-hydrogen) atoms. The van der Waals surface area contributed by atoms with Crippen LogP contribution in [0.25, 0.3) is 0 Å². The SMILES string of the molecule is CC[C@H](N)CN1CCCC(C)CC1. The van der Waals surface area contributed by atoms with Gasteiger partial charge in [0.05, 0.1) is 0 Å². The van der Waals surface area contributed by atoms with Crippen LogP contribution in [-0.4, -0.2) is 30.6 Å². The second kappa shape index (κ2) is 5.61. The first-order valence-electron chi connectivity index (χ1n) is 5.70. The number of rotatable bonds is 3. The Hall–Kier alpha value is -0.0800. The van der Waals surface area contributed by atoms with Crippen LogP contribution in [0.1, 0.15) is 39.5 Å². The van der Waals surface area contributed by atoms with E-state index in [4.69, 9.17) is 5.73 Å². The predicted octanol–water partition coefficient (Wildman–Crippen LogP) is 1.85. The Labute approximate surface area is 82.5 Å². The second-order valence-electron chi connectivity index (χ2n) is 4.51. The van der Waals surface area contributed by atoms with Crippen LogP contribution in [0, 0.1) is 5.92 Å². The summed E-state index contributed by atoms with van der Waals surface area (Å²) in [6.45, 7) is 8.16. The first kappa shape index (κ1) is 11.0. The smallest absolute Gasteiger partial charge is 0.0165 e. The van der Waals surface area contributed by atoms with E-state index >= 15 is 0 Å². The molecular weight excluding hydrogens is 160 g/mol. The summed E-state index contributed by atoms with van der Waals surface area (Å²) in [5.74, 6) is 0.919. The maximum atomic E-state index is 5.95. The quantitative estimate of drug-likeness (QED) is 0.725. The fraction of sp³-hybridized carbons (Fsp3) is 1.00. The number of hydrogen-bond acceptors (Lipinski definition) is 2. The van der Waals surface area contributed by atoms with E-state index in [2.05, 4.69) is 18.7 Å². The summed E-state index contributed by atoms with van der Waals surface area (Å²) in [4.78, 5) is 2.54. The molecule has 2 N–H and O–H groups in total. The van der Waals surface area contributed by atoms with Crippen LogP contribution >= 0.6 is 0 Å². The Morgan fingerprint density at radius 3 is 2.85 bits per heavy atom. The van der Waals surface area contributed by atoms with Crippen LogP contribution in [0.15, 0.2) is 0 Å². The van der Waals surface area contributed by atoms with Crippen LogP contribution in [-0.2, 0) is 0 Å². The van der Waals surface area contributed by atoms with E-state index in [0.717, 1.165) is 18.9 Å². The third kappa shape index (κ3) is 4.10.